The van der Waals surface area contributed by atoms with Crippen molar-refractivity contribution in [1.29, 1.82) is 0 Å². The van der Waals surface area contributed by atoms with E-state index in [-0.39, 0.29) is 11.3 Å². The van der Waals surface area contributed by atoms with Gasteiger partial charge in [0.25, 0.3) is 0 Å². The van der Waals surface area contributed by atoms with Crippen molar-refractivity contribution >= 4 is 32.8 Å². The Kier molecular flexibility index (Phi) is 2.97. The zero-order chi connectivity index (χ0) is 10.7. The van der Waals surface area contributed by atoms with E-state index in [0.29, 0.717) is 5.88 Å². The zero-order valence-electron chi connectivity index (χ0n) is 7.81. The number of ether oxygens (including phenoxy) is 1. The van der Waals surface area contributed by atoms with Crippen LogP contribution in [0.3, 0.4) is 0 Å². The number of rotatable bonds is 2. The predicted molar refractivity (Wildman–Crippen MR) is 61.2 cm³/mol. The summed E-state index contributed by atoms with van der Waals surface area (Å²) in [5.74, 6) is -0.0177. The summed E-state index contributed by atoms with van der Waals surface area (Å²) in [6, 6.07) is 11.2. The molecule has 0 atom stereocenters. The Labute approximate surface area is 95.2 Å². The van der Waals surface area contributed by atoms with Gasteiger partial charge in [-0.05, 0) is 12.1 Å². The number of pyridine rings is 1. The largest absolute Gasteiger partial charge is 0.407 e. The highest BCUT2D eigenvalue weighted by atomic mass is 79.9. The van der Waals surface area contributed by atoms with Gasteiger partial charge in [-0.2, -0.15) is 0 Å². The lowest BCUT2D eigenvalue weighted by Crippen LogP contribution is -2.09. The Balaban J connectivity index is 2.34. The normalized spacial score (nSPS) is 10.2. The van der Waals surface area contributed by atoms with Gasteiger partial charge in [0.1, 0.15) is 5.33 Å². The van der Waals surface area contributed by atoms with E-state index in [1.54, 1.807) is 6.07 Å². The predicted octanol–water partition coefficient (Wildman–Crippen LogP) is 2.54. The van der Waals surface area contributed by atoms with Crippen LogP contribution in [0.1, 0.15) is 0 Å². The van der Waals surface area contributed by atoms with Crippen molar-refractivity contribution in [2.24, 2.45) is 0 Å². The summed E-state index contributed by atoms with van der Waals surface area (Å²) in [6.07, 6.45) is 0. The van der Waals surface area contributed by atoms with Gasteiger partial charge in [0.05, 0.1) is 5.52 Å². The van der Waals surface area contributed by atoms with Crippen molar-refractivity contribution in [1.82, 2.24) is 4.98 Å². The smallest absolute Gasteiger partial charge is 0.323 e. The van der Waals surface area contributed by atoms with Crippen LogP contribution in [0.2, 0.25) is 0 Å². The first-order chi connectivity index (χ1) is 7.29. The van der Waals surface area contributed by atoms with Crippen molar-refractivity contribution in [3.05, 3.63) is 36.4 Å². The number of aromatic nitrogens is 1. The number of alkyl halides is 1. The van der Waals surface area contributed by atoms with Gasteiger partial charge in [0.15, 0.2) is 0 Å². The molecule has 0 N–H and O–H groups in total. The molecule has 0 saturated heterocycles. The number of halogens is 1. The molecule has 1 aromatic heterocycles. The maximum atomic E-state index is 11.0. The molecule has 1 heterocycles. The summed E-state index contributed by atoms with van der Waals surface area (Å²) < 4.78 is 4.97. The van der Waals surface area contributed by atoms with Crippen molar-refractivity contribution in [2.75, 3.05) is 5.33 Å². The number of para-hydroxylation sites is 1. The highest BCUT2D eigenvalue weighted by molar-refractivity contribution is 9.09. The summed E-state index contributed by atoms with van der Waals surface area (Å²) in [5.41, 5.74) is 0.817. The fourth-order valence-corrected chi connectivity index (χ4v) is 1.36. The lowest BCUT2D eigenvalue weighted by molar-refractivity contribution is -0.131. The second-order valence-electron chi connectivity index (χ2n) is 2.95. The second kappa shape index (κ2) is 4.40. The molecule has 4 heteroatoms. The van der Waals surface area contributed by atoms with Crippen molar-refractivity contribution in [3.63, 3.8) is 0 Å². The van der Waals surface area contributed by atoms with Gasteiger partial charge in [-0.3, -0.25) is 4.79 Å². The Morgan fingerprint density at radius 3 is 2.87 bits per heavy atom. The molecule has 0 aliphatic rings. The number of benzene rings is 1. The third-order valence-corrected chi connectivity index (χ3v) is 2.36. The topological polar surface area (TPSA) is 39.2 Å². The first kappa shape index (κ1) is 10.1. The highest BCUT2D eigenvalue weighted by Crippen LogP contribution is 2.16. The van der Waals surface area contributed by atoms with E-state index in [2.05, 4.69) is 20.9 Å². The average molecular weight is 266 g/mol. The van der Waals surface area contributed by atoms with E-state index in [1.807, 2.05) is 30.3 Å². The first-order valence-corrected chi connectivity index (χ1v) is 5.54. The summed E-state index contributed by atoms with van der Waals surface area (Å²) in [5, 5.41) is 1.19. The van der Waals surface area contributed by atoms with Gasteiger partial charge in [0, 0.05) is 11.5 Å². The van der Waals surface area contributed by atoms with Crippen LogP contribution in [0.15, 0.2) is 36.4 Å². The SMILES string of the molecule is O=C(CBr)Oc1ccc2ccccc2n1. The van der Waals surface area contributed by atoms with Gasteiger partial charge < -0.3 is 4.74 Å². The minimum Gasteiger partial charge on any atom is -0.407 e. The van der Waals surface area contributed by atoms with E-state index >= 15 is 0 Å². The molecular formula is C11H8BrNO2. The van der Waals surface area contributed by atoms with Crippen LogP contribution in [0.5, 0.6) is 5.88 Å². The van der Waals surface area contributed by atoms with Crippen LogP contribution in [0, 0.1) is 0 Å². The molecule has 0 radical (unpaired) electrons. The number of hydrogen-bond acceptors (Lipinski definition) is 3. The molecule has 0 saturated carbocycles. The number of esters is 1. The van der Waals surface area contributed by atoms with Gasteiger partial charge in [-0.1, -0.05) is 34.1 Å². The maximum Gasteiger partial charge on any atom is 0.323 e. The maximum absolute atomic E-state index is 11.0. The Morgan fingerprint density at radius 2 is 2.07 bits per heavy atom. The number of carbonyl (C=O) groups is 1. The number of carbonyl (C=O) groups excluding carboxylic acids is 1. The monoisotopic (exact) mass is 265 g/mol. The summed E-state index contributed by atoms with van der Waals surface area (Å²) in [4.78, 5) is 15.2. The van der Waals surface area contributed by atoms with E-state index in [9.17, 15) is 4.79 Å². The first-order valence-electron chi connectivity index (χ1n) is 4.42. The standard InChI is InChI=1S/C11H8BrNO2/c12-7-11(14)15-10-6-5-8-3-1-2-4-9(8)13-10/h1-6H,7H2. The fourth-order valence-electron chi connectivity index (χ4n) is 1.25. The quantitative estimate of drug-likeness (QED) is 0.619. The molecule has 0 amide bonds. The molecule has 3 nitrogen and oxygen atoms in total. The summed E-state index contributed by atoms with van der Waals surface area (Å²) >= 11 is 3.02. The summed E-state index contributed by atoms with van der Waals surface area (Å²) in [6.45, 7) is 0. The third-order valence-electron chi connectivity index (χ3n) is 1.90. The average Bonchev–Trinajstić information content (AvgIpc) is 2.29. The molecule has 0 unspecified atom stereocenters. The fraction of sp³-hybridized carbons (Fsp3) is 0.0909. The van der Waals surface area contributed by atoms with E-state index in [4.69, 9.17) is 4.74 Å². The van der Waals surface area contributed by atoms with Crippen LogP contribution >= 0.6 is 15.9 Å². The van der Waals surface area contributed by atoms with E-state index in [0.717, 1.165) is 10.9 Å². The molecule has 2 rings (SSSR count). The molecule has 0 bridgehead atoms. The lowest BCUT2D eigenvalue weighted by atomic mass is 10.2. The minimum absolute atomic E-state index is 0.168. The van der Waals surface area contributed by atoms with Gasteiger partial charge in [-0.25, -0.2) is 4.98 Å². The Bertz CT molecular complexity index is 499. The van der Waals surface area contributed by atoms with Gasteiger partial charge >= 0.3 is 5.97 Å². The Morgan fingerprint density at radius 1 is 1.27 bits per heavy atom. The van der Waals surface area contributed by atoms with Crippen LogP contribution in [-0.2, 0) is 4.79 Å². The van der Waals surface area contributed by atoms with E-state index < -0.39 is 0 Å². The Hall–Kier alpha value is -1.42. The molecule has 0 fully saturated rings. The molecule has 76 valence electrons. The van der Waals surface area contributed by atoms with Crippen LogP contribution in [0.25, 0.3) is 10.9 Å². The molecule has 1 aromatic carbocycles. The molecule has 15 heavy (non-hydrogen) atoms. The highest BCUT2D eigenvalue weighted by Gasteiger charge is 2.03. The van der Waals surface area contributed by atoms with Crippen molar-refractivity contribution < 1.29 is 9.53 Å². The number of hydrogen-bond donors (Lipinski definition) is 0. The third kappa shape index (κ3) is 2.33. The minimum atomic E-state index is -0.349. The van der Waals surface area contributed by atoms with Crippen LogP contribution in [-0.4, -0.2) is 16.3 Å². The summed E-state index contributed by atoms with van der Waals surface area (Å²) in [7, 11) is 0. The molecule has 0 aliphatic heterocycles. The molecule has 0 aliphatic carbocycles. The molecular weight excluding hydrogens is 258 g/mol. The molecule has 2 aromatic rings. The molecule has 0 spiro atoms. The second-order valence-corrected chi connectivity index (χ2v) is 3.51. The lowest BCUT2D eigenvalue weighted by Gasteiger charge is -2.02. The van der Waals surface area contributed by atoms with Crippen molar-refractivity contribution in [2.45, 2.75) is 0 Å². The van der Waals surface area contributed by atoms with Crippen molar-refractivity contribution in [3.8, 4) is 5.88 Å². The van der Waals surface area contributed by atoms with E-state index in [1.165, 1.54) is 0 Å². The van der Waals surface area contributed by atoms with Gasteiger partial charge in [-0.15, -0.1) is 0 Å². The number of fused-ring (bicyclic) bond motifs is 1. The van der Waals surface area contributed by atoms with Gasteiger partial charge in [0.2, 0.25) is 5.88 Å². The van der Waals surface area contributed by atoms with Crippen LogP contribution in [0.4, 0.5) is 0 Å². The number of nitrogens with zero attached hydrogens (tertiary/aromatic N) is 1. The van der Waals surface area contributed by atoms with Crippen LogP contribution < -0.4 is 4.74 Å². The zero-order valence-corrected chi connectivity index (χ0v) is 9.40.